The topological polar surface area (TPSA) is 61.4 Å². The molecule has 2 aliphatic heterocycles. The molecular weight excluding hydrogens is 314 g/mol. The normalized spacial score (nSPS) is 22.9. The lowest BCUT2D eigenvalue weighted by molar-refractivity contribution is -0.129. The molecule has 136 valence electrons. The summed E-state index contributed by atoms with van der Waals surface area (Å²) in [6.07, 6.45) is 2.49. The molecule has 1 atom stereocenters. The maximum Gasteiger partial charge on any atom is 0.225 e. The maximum atomic E-state index is 12.5. The summed E-state index contributed by atoms with van der Waals surface area (Å²) in [5, 5.41) is 6.46. The van der Waals surface area contributed by atoms with Crippen LogP contribution in [-0.2, 0) is 16.1 Å². The summed E-state index contributed by atoms with van der Waals surface area (Å²) in [5.74, 6) is -0.114. The summed E-state index contributed by atoms with van der Waals surface area (Å²) in [5.41, 5.74) is 2.49. The van der Waals surface area contributed by atoms with Gasteiger partial charge in [-0.3, -0.25) is 9.59 Å². The van der Waals surface area contributed by atoms with Gasteiger partial charge in [0, 0.05) is 26.1 Å². The molecule has 2 heterocycles. The molecule has 0 aromatic heterocycles. The molecule has 2 N–H and O–H groups in total. The van der Waals surface area contributed by atoms with Gasteiger partial charge in [-0.15, -0.1) is 0 Å². The van der Waals surface area contributed by atoms with Crippen molar-refractivity contribution in [1.29, 1.82) is 0 Å². The molecule has 0 aliphatic carbocycles. The van der Waals surface area contributed by atoms with Gasteiger partial charge in [0.05, 0.1) is 5.92 Å². The molecule has 0 bridgehead atoms. The van der Waals surface area contributed by atoms with Gasteiger partial charge in [-0.25, -0.2) is 0 Å². The Labute approximate surface area is 150 Å². The molecule has 3 rings (SSSR count). The number of hydrogen-bond acceptors (Lipinski definition) is 3. The third-order valence-corrected chi connectivity index (χ3v) is 5.58. The fourth-order valence-electron chi connectivity index (χ4n) is 3.67. The minimum Gasteiger partial charge on any atom is -0.355 e. The lowest BCUT2D eigenvalue weighted by Gasteiger charge is -2.34. The van der Waals surface area contributed by atoms with Crippen LogP contribution in [0, 0.1) is 18.3 Å². The number of nitrogens with one attached hydrogen (secondary N) is 2. The molecule has 2 saturated heterocycles. The second-order valence-electron chi connectivity index (χ2n) is 7.94. The zero-order valence-corrected chi connectivity index (χ0v) is 15.3. The number of piperidine rings is 1. The third kappa shape index (κ3) is 4.60. The van der Waals surface area contributed by atoms with Gasteiger partial charge in [0.1, 0.15) is 0 Å². The van der Waals surface area contributed by atoms with Crippen LogP contribution in [0.15, 0.2) is 24.3 Å². The van der Waals surface area contributed by atoms with Crippen molar-refractivity contribution in [1.82, 2.24) is 15.5 Å². The van der Waals surface area contributed by atoms with Crippen LogP contribution in [0.2, 0.25) is 0 Å². The summed E-state index contributed by atoms with van der Waals surface area (Å²) in [4.78, 5) is 26.6. The monoisotopic (exact) mass is 343 g/mol. The fourth-order valence-corrected chi connectivity index (χ4v) is 3.67. The summed E-state index contributed by atoms with van der Waals surface area (Å²) >= 11 is 0. The predicted octanol–water partition coefficient (Wildman–Crippen LogP) is 1.85. The number of carbonyl (C=O) groups is 2. The van der Waals surface area contributed by atoms with Crippen molar-refractivity contribution >= 4 is 11.8 Å². The fraction of sp³-hybridized carbons (Fsp3) is 0.600. The number of hydrogen-bond donors (Lipinski definition) is 2. The molecule has 1 aromatic rings. The lowest BCUT2D eigenvalue weighted by Crippen LogP contribution is -2.44. The molecule has 25 heavy (non-hydrogen) atoms. The van der Waals surface area contributed by atoms with E-state index in [9.17, 15) is 9.59 Å². The van der Waals surface area contributed by atoms with Gasteiger partial charge in [0.15, 0.2) is 0 Å². The number of benzene rings is 1. The van der Waals surface area contributed by atoms with E-state index in [2.05, 4.69) is 29.7 Å². The van der Waals surface area contributed by atoms with E-state index in [1.165, 1.54) is 5.56 Å². The summed E-state index contributed by atoms with van der Waals surface area (Å²) in [6, 6.07) is 8.21. The van der Waals surface area contributed by atoms with E-state index in [0.29, 0.717) is 26.1 Å². The van der Waals surface area contributed by atoms with Crippen molar-refractivity contribution in [3.63, 3.8) is 0 Å². The smallest absolute Gasteiger partial charge is 0.225 e. The first kappa shape index (κ1) is 17.9. The summed E-state index contributed by atoms with van der Waals surface area (Å²) < 4.78 is 0. The summed E-state index contributed by atoms with van der Waals surface area (Å²) in [6.45, 7) is 8.13. The van der Waals surface area contributed by atoms with Crippen LogP contribution < -0.4 is 10.6 Å². The van der Waals surface area contributed by atoms with Crippen LogP contribution in [-0.4, -0.2) is 42.9 Å². The Kier molecular flexibility index (Phi) is 5.42. The summed E-state index contributed by atoms with van der Waals surface area (Å²) in [7, 11) is 0. The average molecular weight is 343 g/mol. The van der Waals surface area contributed by atoms with E-state index >= 15 is 0 Å². The standard InChI is InChI=1S/C20H29N3O2/c1-15-3-5-16(6-4-15)12-23-13-17(11-18(23)24)19(25)22-14-20(2)7-9-21-10-8-20/h3-6,17,21H,7-14H2,1-2H3,(H,22,25). The highest BCUT2D eigenvalue weighted by Gasteiger charge is 2.35. The maximum absolute atomic E-state index is 12.5. The number of amides is 2. The second kappa shape index (κ2) is 7.56. The Morgan fingerprint density at radius 1 is 1.28 bits per heavy atom. The lowest BCUT2D eigenvalue weighted by atomic mass is 9.81. The van der Waals surface area contributed by atoms with Gasteiger partial charge < -0.3 is 15.5 Å². The van der Waals surface area contributed by atoms with E-state index in [1.807, 2.05) is 19.1 Å². The van der Waals surface area contributed by atoms with Crippen LogP contribution in [0.25, 0.3) is 0 Å². The molecule has 0 spiro atoms. The molecule has 0 radical (unpaired) electrons. The molecule has 5 heteroatoms. The molecule has 1 aromatic carbocycles. The molecule has 2 aliphatic rings. The average Bonchev–Trinajstić information content (AvgIpc) is 2.96. The first-order valence-corrected chi connectivity index (χ1v) is 9.27. The Morgan fingerprint density at radius 2 is 1.96 bits per heavy atom. The predicted molar refractivity (Wildman–Crippen MR) is 97.9 cm³/mol. The van der Waals surface area contributed by atoms with E-state index < -0.39 is 0 Å². The van der Waals surface area contributed by atoms with Gasteiger partial charge >= 0.3 is 0 Å². The van der Waals surface area contributed by atoms with Crippen LogP contribution in [0.5, 0.6) is 0 Å². The van der Waals surface area contributed by atoms with Gasteiger partial charge in [-0.1, -0.05) is 36.8 Å². The molecule has 0 saturated carbocycles. The molecule has 2 fully saturated rings. The highest BCUT2D eigenvalue weighted by atomic mass is 16.2. The van der Waals surface area contributed by atoms with Crippen molar-refractivity contribution in [2.24, 2.45) is 11.3 Å². The first-order valence-electron chi connectivity index (χ1n) is 9.27. The van der Waals surface area contributed by atoms with Gasteiger partial charge in [-0.05, 0) is 43.8 Å². The van der Waals surface area contributed by atoms with Crippen LogP contribution >= 0.6 is 0 Å². The quantitative estimate of drug-likeness (QED) is 0.858. The van der Waals surface area contributed by atoms with Gasteiger partial charge in [0.2, 0.25) is 11.8 Å². The van der Waals surface area contributed by atoms with Crippen molar-refractivity contribution in [2.45, 2.75) is 39.7 Å². The first-order chi connectivity index (χ1) is 12.0. The van der Waals surface area contributed by atoms with Crippen molar-refractivity contribution in [3.05, 3.63) is 35.4 Å². The largest absolute Gasteiger partial charge is 0.355 e. The Balaban J connectivity index is 1.51. The second-order valence-corrected chi connectivity index (χ2v) is 7.94. The van der Waals surface area contributed by atoms with Crippen LogP contribution in [0.4, 0.5) is 0 Å². The molecular formula is C20H29N3O2. The van der Waals surface area contributed by atoms with E-state index in [1.54, 1.807) is 4.90 Å². The zero-order valence-electron chi connectivity index (χ0n) is 15.3. The van der Waals surface area contributed by atoms with Crippen molar-refractivity contribution in [2.75, 3.05) is 26.2 Å². The number of nitrogens with zero attached hydrogens (tertiary/aromatic N) is 1. The minimum absolute atomic E-state index is 0.0273. The Bertz CT molecular complexity index is 620. The highest BCUT2D eigenvalue weighted by molar-refractivity contribution is 5.89. The van der Waals surface area contributed by atoms with Crippen LogP contribution in [0.3, 0.4) is 0 Å². The molecule has 2 amide bonds. The number of rotatable bonds is 5. The number of aryl methyl sites for hydroxylation is 1. The Morgan fingerprint density at radius 3 is 2.64 bits per heavy atom. The number of likely N-dealkylation sites (tertiary alicyclic amines) is 1. The molecule has 5 nitrogen and oxygen atoms in total. The number of carbonyl (C=O) groups excluding carboxylic acids is 2. The minimum atomic E-state index is -0.219. The SMILES string of the molecule is Cc1ccc(CN2CC(C(=O)NCC3(C)CCNCC3)CC2=O)cc1. The van der Waals surface area contributed by atoms with Crippen LogP contribution in [0.1, 0.15) is 37.3 Å². The van der Waals surface area contributed by atoms with Crippen molar-refractivity contribution < 1.29 is 9.59 Å². The van der Waals surface area contributed by atoms with Gasteiger partial charge in [0.25, 0.3) is 0 Å². The van der Waals surface area contributed by atoms with Crippen molar-refractivity contribution in [3.8, 4) is 0 Å². The zero-order chi connectivity index (χ0) is 17.9. The van der Waals surface area contributed by atoms with Gasteiger partial charge in [-0.2, -0.15) is 0 Å². The highest BCUT2D eigenvalue weighted by Crippen LogP contribution is 2.27. The van der Waals surface area contributed by atoms with E-state index in [4.69, 9.17) is 0 Å². The van der Waals surface area contributed by atoms with E-state index in [-0.39, 0.29) is 23.1 Å². The molecule has 1 unspecified atom stereocenters. The van der Waals surface area contributed by atoms with E-state index in [0.717, 1.165) is 31.5 Å². The Hall–Kier alpha value is -1.88. The third-order valence-electron chi connectivity index (χ3n) is 5.58.